The first-order valence-corrected chi connectivity index (χ1v) is 11.6. The van der Waals surface area contributed by atoms with Crippen molar-refractivity contribution in [2.75, 3.05) is 11.1 Å². The second kappa shape index (κ2) is 7.22. The van der Waals surface area contributed by atoms with Crippen LogP contribution in [0, 0.1) is 13.8 Å². The van der Waals surface area contributed by atoms with Crippen LogP contribution < -0.4 is 5.32 Å². The van der Waals surface area contributed by atoms with E-state index < -0.39 is 6.04 Å². The van der Waals surface area contributed by atoms with Crippen LogP contribution >= 0.6 is 23.1 Å². The van der Waals surface area contributed by atoms with E-state index in [9.17, 15) is 9.59 Å². The molecule has 2 amide bonds. The Balaban J connectivity index is 1.51. The molecule has 28 heavy (non-hydrogen) atoms. The summed E-state index contributed by atoms with van der Waals surface area (Å²) in [6, 6.07) is 1.75. The number of fused-ring (bicyclic) bond motifs is 1. The van der Waals surface area contributed by atoms with E-state index in [1.165, 1.54) is 22.7 Å². The predicted octanol–water partition coefficient (Wildman–Crippen LogP) is 4.03. The molecule has 0 saturated carbocycles. The first-order chi connectivity index (χ1) is 13.3. The monoisotopic (exact) mass is 418 g/mol. The molecule has 0 unspecified atom stereocenters. The van der Waals surface area contributed by atoms with Gasteiger partial charge in [-0.3, -0.25) is 9.59 Å². The van der Waals surface area contributed by atoms with E-state index >= 15 is 0 Å². The lowest BCUT2D eigenvalue weighted by Crippen LogP contribution is -2.48. The van der Waals surface area contributed by atoms with Crippen molar-refractivity contribution in [1.29, 1.82) is 0 Å². The molecule has 2 fully saturated rings. The van der Waals surface area contributed by atoms with Crippen LogP contribution in [-0.4, -0.2) is 42.9 Å². The molecule has 150 valence electrons. The highest BCUT2D eigenvalue weighted by atomic mass is 32.2. The molecule has 4 rings (SSSR count). The molecule has 2 aromatic heterocycles. The van der Waals surface area contributed by atoms with Crippen LogP contribution in [0.1, 0.15) is 44.5 Å². The highest BCUT2D eigenvalue weighted by molar-refractivity contribution is 8.01. The van der Waals surface area contributed by atoms with Crippen LogP contribution in [0.15, 0.2) is 11.4 Å². The number of aromatic nitrogens is 2. The summed E-state index contributed by atoms with van der Waals surface area (Å²) in [4.78, 5) is 31.3. The van der Waals surface area contributed by atoms with Crippen LogP contribution in [0.25, 0.3) is 11.3 Å². The maximum atomic E-state index is 12.8. The zero-order chi connectivity index (χ0) is 20.1. The van der Waals surface area contributed by atoms with Crippen LogP contribution in [0.4, 0.5) is 5.13 Å². The summed E-state index contributed by atoms with van der Waals surface area (Å²) in [6.07, 6.45) is 2.43. The standard InChI is InChI=1S/C20H26N4O2S2/c1-5-8-23-12(2)9-14(13(23)3)15-10-27-19(21-15)22-18(26)16-11-28-20(4)7-6-17(25)24(16)20/h9-10,16H,5-8,11H2,1-4H3,(H,21,22,26)/t16-,20+/m0/s1. The number of thiazole rings is 1. The molecule has 0 aromatic carbocycles. The van der Waals surface area contributed by atoms with Crippen molar-refractivity contribution in [2.24, 2.45) is 0 Å². The molecule has 8 heteroatoms. The Morgan fingerprint density at radius 1 is 1.43 bits per heavy atom. The summed E-state index contributed by atoms with van der Waals surface area (Å²) < 4.78 is 2.31. The van der Waals surface area contributed by atoms with Crippen LogP contribution in [0.3, 0.4) is 0 Å². The molecule has 2 atom stereocenters. The molecular weight excluding hydrogens is 392 g/mol. The number of nitrogens with one attached hydrogen (secondary N) is 1. The summed E-state index contributed by atoms with van der Waals surface area (Å²) in [7, 11) is 0. The van der Waals surface area contributed by atoms with Gasteiger partial charge in [0.25, 0.3) is 0 Å². The number of carbonyl (C=O) groups is 2. The lowest BCUT2D eigenvalue weighted by atomic mass is 10.2. The minimum atomic E-state index is -0.410. The maximum Gasteiger partial charge on any atom is 0.249 e. The largest absolute Gasteiger partial charge is 0.348 e. The van der Waals surface area contributed by atoms with Crippen LogP contribution in [-0.2, 0) is 16.1 Å². The van der Waals surface area contributed by atoms with Gasteiger partial charge in [0.1, 0.15) is 6.04 Å². The molecule has 6 nitrogen and oxygen atoms in total. The number of aryl methyl sites for hydroxylation is 1. The average molecular weight is 419 g/mol. The van der Waals surface area contributed by atoms with Gasteiger partial charge in [0.05, 0.1) is 10.6 Å². The molecule has 2 saturated heterocycles. The van der Waals surface area contributed by atoms with Crippen molar-refractivity contribution in [3.63, 3.8) is 0 Å². The van der Waals surface area contributed by atoms with Gasteiger partial charge in [-0.15, -0.1) is 23.1 Å². The highest BCUT2D eigenvalue weighted by Crippen LogP contribution is 2.47. The number of thioether (sulfide) groups is 1. The maximum absolute atomic E-state index is 12.8. The smallest absolute Gasteiger partial charge is 0.249 e. The van der Waals surface area contributed by atoms with E-state index in [0.29, 0.717) is 17.3 Å². The second-order valence-electron chi connectivity index (χ2n) is 7.73. The summed E-state index contributed by atoms with van der Waals surface area (Å²) in [5.74, 6) is 0.587. The third kappa shape index (κ3) is 3.16. The summed E-state index contributed by atoms with van der Waals surface area (Å²) in [6.45, 7) is 9.46. The Kier molecular flexibility index (Phi) is 5.03. The number of carbonyl (C=O) groups excluding carboxylic acids is 2. The van der Waals surface area contributed by atoms with Crippen molar-refractivity contribution in [2.45, 2.75) is 64.4 Å². The van der Waals surface area contributed by atoms with Crippen LogP contribution in [0.2, 0.25) is 0 Å². The third-order valence-corrected chi connectivity index (χ3v) is 8.04. The van der Waals surface area contributed by atoms with Gasteiger partial charge in [-0.2, -0.15) is 0 Å². The van der Waals surface area contributed by atoms with Gasteiger partial charge in [0.2, 0.25) is 11.8 Å². The van der Waals surface area contributed by atoms with Gasteiger partial charge in [0.15, 0.2) is 5.13 Å². The van der Waals surface area contributed by atoms with Gasteiger partial charge < -0.3 is 14.8 Å². The first kappa shape index (κ1) is 19.5. The van der Waals surface area contributed by atoms with Crippen LogP contribution in [0.5, 0.6) is 0 Å². The minimum Gasteiger partial charge on any atom is -0.348 e. The minimum absolute atomic E-state index is 0.0795. The Morgan fingerprint density at radius 3 is 2.96 bits per heavy atom. The molecule has 2 aromatic rings. The van der Waals surface area contributed by atoms with Crippen molar-refractivity contribution in [1.82, 2.24) is 14.5 Å². The molecular formula is C20H26N4O2S2. The summed E-state index contributed by atoms with van der Waals surface area (Å²) in [5.41, 5.74) is 4.43. The normalized spacial score (nSPS) is 24.1. The Labute approximate surface area is 173 Å². The summed E-state index contributed by atoms with van der Waals surface area (Å²) in [5, 5.41) is 5.52. The van der Waals surface area contributed by atoms with Crippen molar-refractivity contribution < 1.29 is 9.59 Å². The third-order valence-electron chi connectivity index (χ3n) is 5.78. The van der Waals surface area contributed by atoms with Gasteiger partial charge in [0, 0.05) is 41.0 Å². The van der Waals surface area contributed by atoms with E-state index in [4.69, 9.17) is 0 Å². The molecule has 0 aliphatic carbocycles. The zero-order valence-corrected chi connectivity index (χ0v) is 18.4. The Morgan fingerprint density at radius 2 is 2.21 bits per heavy atom. The Hall–Kier alpha value is -1.80. The summed E-state index contributed by atoms with van der Waals surface area (Å²) >= 11 is 3.13. The Bertz CT molecular complexity index is 935. The van der Waals surface area contributed by atoms with Crippen molar-refractivity contribution in [3.05, 3.63) is 22.8 Å². The lowest BCUT2D eigenvalue weighted by molar-refractivity contribution is -0.135. The van der Waals surface area contributed by atoms with E-state index in [2.05, 4.69) is 48.6 Å². The second-order valence-corrected chi connectivity index (χ2v) is 10.1. The topological polar surface area (TPSA) is 67.2 Å². The fourth-order valence-electron chi connectivity index (χ4n) is 4.29. The molecule has 1 N–H and O–H groups in total. The zero-order valence-electron chi connectivity index (χ0n) is 16.7. The number of hydrogen-bond donors (Lipinski definition) is 1. The van der Waals surface area contributed by atoms with Crippen molar-refractivity contribution in [3.8, 4) is 11.3 Å². The number of nitrogens with zero attached hydrogens (tertiary/aromatic N) is 3. The first-order valence-electron chi connectivity index (χ1n) is 9.73. The molecule has 0 radical (unpaired) electrons. The predicted molar refractivity (Wildman–Crippen MR) is 115 cm³/mol. The van der Waals surface area contributed by atoms with Crippen molar-refractivity contribution >= 4 is 40.0 Å². The van der Waals surface area contributed by atoms with Gasteiger partial charge in [-0.25, -0.2) is 4.98 Å². The number of hydrogen-bond acceptors (Lipinski definition) is 5. The molecule has 2 aliphatic heterocycles. The van der Waals surface area contributed by atoms with Gasteiger partial charge in [-0.1, -0.05) is 6.92 Å². The van der Waals surface area contributed by atoms with Gasteiger partial charge >= 0.3 is 0 Å². The number of rotatable bonds is 5. The van der Waals surface area contributed by atoms with E-state index in [1.54, 1.807) is 16.7 Å². The number of amides is 2. The lowest BCUT2D eigenvalue weighted by Gasteiger charge is -2.29. The van der Waals surface area contributed by atoms with E-state index in [-0.39, 0.29) is 16.7 Å². The quantitative estimate of drug-likeness (QED) is 0.796. The van der Waals surface area contributed by atoms with E-state index in [1.807, 2.05) is 5.38 Å². The molecule has 0 spiro atoms. The molecule has 2 aliphatic rings. The fraction of sp³-hybridized carbons (Fsp3) is 0.550. The van der Waals surface area contributed by atoms with Gasteiger partial charge in [-0.05, 0) is 39.7 Å². The van der Waals surface area contributed by atoms with E-state index in [0.717, 1.165) is 30.6 Å². The number of anilines is 1. The molecule has 0 bridgehead atoms. The fourth-order valence-corrected chi connectivity index (χ4v) is 6.43. The molecule has 4 heterocycles. The average Bonchev–Trinajstić information content (AvgIpc) is 3.37. The highest BCUT2D eigenvalue weighted by Gasteiger charge is 2.52. The SMILES string of the molecule is CCCn1c(C)cc(-c2csc(NC(=O)[C@@H]3CS[C@]4(C)CCC(=O)N34)n2)c1C.